The maximum atomic E-state index is 10.6. The molecule has 0 heterocycles. The third kappa shape index (κ3) is 6.88. The molecule has 0 radical (unpaired) electrons. The Morgan fingerprint density at radius 1 is 1.82 bits per heavy atom. The normalized spacial score (nSPS) is 11.7. The number of aliphatic hydroxyl groups is 1. The van der Waals surface area contributed by atoms with Crippen LogP contribution in [0.15, 0.2) is 0 Å². The Labute approximate surface area is 66.4 Å². The number of hydrogen-bond donors (Lipinski definition) is 1. The van der Waals surface area contributed by atoms with E-state index in [0.717, 1.165) is 0 Å². The minimum atomic E-state index is -0.409. The van der Waals surface area contributed by atoms with Crippen LogP contribution in [0, 0.1) is 12.5 Å². The number of hydrogen-bond acceptors (Lipinski definition) is 3. The van der Waals surface area contributed by atoms with Gasteiger partial charge >= 0.3 is 5.97 Å². The van der Waals surface area contributed by atoms with Crippen molar-refractivity contribution in [2.45, 2.75) is 32.3 Å². The number of rotatable bonds is 4. The molecule has 62 valence electrons. The third-order valence-electron chi connectivity index (χ3n) is 1.18. The van der Waals surface area contributed by atoms with Gasteiger partial charge in [0.1, 0.15) is 6.11 Å². The lowest BCUT2D eigenvalue weighted by atomic mass is 10.2. The van der Waals surface area contributed by atoms with Gasteiger partial charge in [0.15, 0.2) is 0 Å². The smallest absolute Gasteiger partial charge is 0.319 e. The molecule has 0 fully saturated rings. The first-order chi connectivity index (χ1) is 5.16. The lowest BCUT2D eigenvalue weighted by Gasteiger charge is -2.00. The van der Waals surface area contributed by atoms with E-state index in [1.165, 1.54) is 0 Å². The molecule has 1 N–H and O–H groups in total. The van der Waals surface area contributed by atoms with Crippen molar-refractivity contribution < 1.29 is 14.6 Å². The van der Waals surface area contributed by atoms with Crippen molar-refractivity contribution in [1.82, 2.24) is 0 Å². The SMILES string of the molecule is C#COC(=O)CCCC(C)O. The van der Waals surface area contributed by atoms with Gasteiger partial charge in [-0.15, -0.1) is 0 Å². The Morgan fingerprint density at radius 3 is 2.91 bits per heavy atom. The number of carbonyl (C=O) groups excluding carboxylic acids is 1. The summed E-state index contributed by atoms with van der Waals surface area (Å²) >= 11 is 0. The van der Waals surface area contributed by atoms with Gasteiger partial charge in [0.2, 0.25) is 0 Å². The van der Waals surface area contributed by atoms with Gasteiger partial charge in [0.05, 0.1) is 6.10 Å². The van der Waals surface area contributed by atoms with Crippen LogP contribution in [-0.2, 0) is 9.53 Å². The quantitative estimate of drug-likeness (QED) is 0.480. The van der Waals surface area contributed by atoms with Crippen LogP contribution in [0.1, 0.15) is 26.2 Å². The van der Waals surface area contributed by atoms with Crippen molar-refractivity contribution >= 4 is 5.97 Å². The van der Waals surface area contributed by atoms with Crippen LogP contribution in [-0.4, -0.2) is 17.2 Å². The summed E-state index contributed by atoms with van der Waals surface area (Å²) in [5.41, 5.74) is 0. The van der Waals surface area contributed by atoms with Crippen molar-refractivity contribution in [2.24, 2.45) is 0 Å². The molecular weight excluding hydrogens is 144 g/mol. The summed E-state index contributed by atoms with van der Waals surface area (Å²) in [7, 11) is 0. The second kappa shape index (κ2) is 5.75. The Kier molecular flexibility index (Phi) is 5.22. The highest BCUT2D eigenvalue weighted by Gasteiger charge is 2.02. The Balaban J connectivity index is 3.26. The second-order valence-corrected chi connectivity index (χ2v) is 2.33. The monoisotopic (exact) mass is 156 g/mol. The lowest BCUT2D eigenvalue weighted by Crippen LogP contribution is -2.03. The van der Waals surface area contributed by atoms with Gasteiger partial charge in [0, 0.05) is 6.42 Å². The molecule has 0 saturated carbocycles. The minimum Gasteiger partial charge on any atom is -0.393 e. The van der Waals surface area contributed by atoms with E-state index < -0.39 is 5.97 Å². The van der Waals surface area contributed by atoms with Gasteiger partial charge < -0.3 is 9.84 Å². The fraction of sp³-hybridized carbons (Fsp3) is 0.625. The zero-order valence-corrected chi connectivity index (χ0v) is 6.54. The molecule has 0 saturated heterocycles. The van der Waals surface area contributed by atoms with Crippen LogP contribution in [0.2, 0.25) is 0 Å². The van der Waals surface area contributed by atoms with Crippen molar-refractivity contribution in [3.8, 4) is 12.5 Å². The van der Waals surface area contributed by atoms with Crippen LogP contribution in [0.5, 0.6) is 0 Å². The summed E-state index contributed by atoms with van der Waals surface area (Å²) in [6.45, 7) is 1.67. The number of carbonyl (C=O) groups is 1. The predicted molar refractivity (Wildman–Crippen MR) is 40.5 cm³/mol. The topological polar surface area (TPSA) is 46.5 Å². The highest BCUT2D eigenvalue weighted by molar-refractivity contribution is 5.70. The summed E-state index contributed by atoms with van der Waals surface area (Å²) in [6.07, 6.45) is 7.62. The van der Waals surface area contributed by atoms with Gasteiger partial charge in [-0.05, 0) is 19.8 Å². The summed E-state index contributed by atoms with van der Waals surface area (Å²) in [5, 5.41) is 8.80. The molecule has 0 aliphatic heterocycles. The lowest BCUT2D eigenvalue weighted by molar-refractivity contribution is -0.137. The summed E-state index contributed by atoms with van der Waals surface area (Å²) in [5.74, 6) is -0.409. The van der Waals surface area contributed by atoms with Crippen LogP contribution < -0.4 is 0 Å². The standard InChI is InChI=1S/C8H12O3/c1-3-11-8(10)6-4-5-7(2)9/h1,7,9H,4-6H2,2H3. The van der Waals surface area contributed by atoms with Crippen LogP contribution in [0.3, 0.4) is 0 Å². The molecule has 0 aromatic heterocycles. The first kappa shape index (κ1) is 9.99. The third-order valence-corrected chi connectivity index (χ3v) is 1.18. The average Bonchev–Trinajstić information content (AvgIpc) is 1.87. The minimum absolute atomic E-state index is 0.273. The largest absolute Gasteiger partial charge is 0.393 e. The highest BCUT2D eigenvalue weighted by atomic mass is 16.5. The number of esters is 1. The maximum absolute atomic E-state index is 10.6. The molecule has 0 aromatic carbocycles. The zero-order valence-electron chi connectivity index (χ0n) is 6.54. The fourth-order valence-electron chi connectivity index (χ4n) is 0.659. The van der Waals surface area contributed by atoms with Crippen LogP contribution >= 0.6 is 0 Å². The van der Waals surface area contributed by atoms with Crippen molar-refractivity contribution in [3.05, 3.63) is 0 Å². The molecule has 0 aliphatic carbocycles. The Hall–Kier alpha value is -1.01. The van der Waals surface area contributed by atoms with E-state index >= 15 is 0 Å². The molecular formula is C8H12O3. The molecule has 0 aromatic rings. The van der Waals surface area contributed by atoms with E-state index in [2.05, 4.69) is 4.74 Å². The number of terminal acetylenes is 1. The van der Waals surface area contributed by atoms with Gasteiger partial charge in [-0.1, -0.05) is 6.42 Å². The molecule has 0 spiro atoms. The first-order valence-corrected chi connectivity index (χ1v) is 3.50. The van der Waals surface area contributed by atoms with E-state index in [1.807, 2.05) is 0 Å². The highest BCUT2D eigenvalue weighted by Crippen LogP contribution is 2.00. The van der Waals surface area contributed by atoms with Gasteiger partial charge in [0.25, 0.3) is 0 Å². The molecule has 0 amide bonds. The summed E-state index contributed by atoms with van der Waals surface area (Å²) < 4.78 is 4.23. The van der Waals surface area contributed by atoms with Crippen molar-refractivity contribution in [2.75, 3.05) is 0 Å². The molecule has 0 rings (SSSR count). The molecule has 3 nitrogen and oxygen atoms in total. The van der Waals surface area contributed by atoms with E-state index in [1.54, 1.807) is 13.0 Å². The average molecular weight is 156 g/mol. The molecule has 1 atom stereocenters. The van der Waals surface area contributed by atoms with Crippen molar-refractivity contribution in [3.63, 3.8) is 0 Å². The number of ether oxygens (including phenoxy) is 1. The maximum Gasteiger partial charge on any atom is 0.319 e. The molecule has 3 heteroatoms. The van der Waals surface area contributed by atoms with Crippen LogP contribution in [0.25, 0.3) is 0 Å². The van der Waals surface area contributed by atoms with Gasteiger partial charge in [-0.2, -0.15) is 0 Å². The molecule has 1 unspecified atom stereocenters. The molecule has 0 aliphatic rings. The van der Waals surface area contributed by atoms with E-state index in [9.17, 15) is 4.79 Å². The first-order valence-electron chi connectivity index (χ1n) is 3.50. The predicted octanol–water partition coefficient (Wildman–Crippen LogP) is 0.671. The second-order valence-electron chi connectivity index (χ2n) is 2.33. The van der Waals surface area contributed by atoms with E-state index in [4.69, 9.17) is 11.5 Å². The zero-order chi connectivity index (χ0) is 8.69. The van der Waals surface area contributed by atoms with Gasteiger partial charge in [-0.3, -0.25) is 4.79 Å². The van der Waals surface area contributed by atoms with E-state index in [0.29, 0.717) is 12.8 Å². The Morgan fingerprint density at radius 2 is 2.45 bits per heavy atom. The fourth-order valence-corrected chi connectivity index (χ4v) is 0.659. The summed E-state index contributed by atoms with van der Waals surface area (Å²) in [6, 6.07) is 0. The van der Waals surface area contributed by atoms with E-state index in [-0.39, 0.29) is 12.5 Å². The number of aliphatic hydroxyl groups excluding tert-OH is 1. The molecule has 11 heavy (non-hydrogen) atoms. The molecule has 0 bridgehead atoms. The van der Waals surface area contributed by atoms with Crippen molar-refractivity contribution in [1.29, 1.82) is 0 Å². The van der Waals surface area contributed by atoms with Gasteiger partial charge in [-0.25, -0.2) is 0 Å². The summed E-state index contributed by atoms with van der Waals surface area (Å²) in [4.78, 5) is 10.6. The van der Waals surface area contributed by atoms with Crippen LogP contribution in [0.4, 0.5) is 0 Å². The Bertz CT molecular complexity index is 155.